The molecule has 2 heterocycles. The van der Waals surface area contributed by atoms with Crippen LogP contribution in [0.15, 0.2) is 91.4 Å². The molecule has 5 rings (SSSR count). The molecule has 0 aliphatic carbocycles. The molecule has 1 aliphatic heterocycles. The average molecular weight is 574 g/mol. The number of amides is 1. The molecule has 41 heavy (non-hydrogen) atoms. The lowest BCUT2D eigenvalue weighted by Gasteiger charge is -2.46. The highest BCUT2D eigenvalue weighted by Crippen LogP contribution is 2.31. The minimum Gasteiger partial charge on any atom is -0.329 e. The van der Waals surface area contributed by atoms with Gasteiger partial charge in [-0.2, -0.15) is 11.8 Å². The monoisotopic (exact) mass is 573 g/mol. The summed E-state index contributed by atoms with van der Waals surface area (Å²) >= 11 is 1.75. The van der Waals surface area contributed by atoms with E-state index in [0.29, 0.717) is 25.2 Å². The maximum absolute atomic E-state index is 14.2. The number of aromatic nitrogens is 2. The van der Waals surface area contributed by atoms with Gasteiger partial charge in [0.15, 0.2) is 0 Å². The van der Waals surface area contributed by atoms with Gasteiger partial charge in [0, 0.05) is 55.6 Å². The third-order valence-corrected chi connectivity index (χ3v) is 8.17. The second-order valence-electron chi connectivity index (χ2n) is 10.1. The first-order valence-corrected chi connectivity index (χ1v) is 14.9. The van der Waals surface area contributed by atoms with E-state index in [1.165, 1.54) is 18.2 Å². The van der Waals surface area contributed by atoms with E-state index >= 15 is 0 Å². The number of para-hydroxylation sites is 2. The maximum Gasteiger partial charge on any atom is 0.272 e. The highest BCUT2D eigenvalue weighted by atomic mass is 32.2. The van der Waals surface area contributed by atoms with Crippen LogP contribution in [0.4, 0.5) is 15.8 Å². The minimum atomic E-state index is -0.630. The number of hydrogen-bond donors (Lipinski definition) is 0. The van der Waals surface area contributed by atoms with Gasteiger partial charge < -0.3 is 9.47 Å². The molecule has 0 radical (unpaired) electrons. The van der Waals surface area contributed by atoms with Crippen molar-refractivity contribution in [2.45, 2.75) is 38.0 Å². The van der Waals surface area contributed by atoms with Crippen LogP contribution in [-0.4, -0.2) is 55.9 Å². The Morgan fingerprint density at radius 1 is 1.05 bits per heavy atom. The zero-order valence-corrected chi connectivity index (χ0v) is 23.6. The first-order chi connectivity index (χ1) is 19.9. The molecule has 2 unspecified atom stereocenters. The van der Waals surface area contributed by atoms with Gasteiger partial charge >= 0.3 is 0 Å². The first kappa shape index (κ1) is 28.5. The van der Waals surface area contributed by atoms with Crippen molar-refractivity contribution in [3.63, 3.8) is 0 Å². The first-order valence-electron chi connectivity index (χ1n) is 13.5. The van der Waals surface area contributed by atoms with E-state index in [0.717, 1.165) is 29.1 Å². The lowest BCUT2D eigenvalue weighted by atomic mass is 9.95. The fraction of sp³-hybridized carbons (Fsp3) is 0.290. The van der Waals surface area contributed by atoms with Crippen molar-refractivity contribution in [3.8, 4) is 0 Å². The van der Waals surface area contributed by atoms with Gasteiger partial charge in [-0.1, -0.05) is 48.5 Å². The zero-order valence-electron chi connectivity index (χ0n) is 22.8. The molecule has 1 aliphatic rings. The molecule has 0 saturated carbocycles. The van der Waals surface area contributed by atoms with Crippen LogP contribution in [0.3, 0.4) is 0 Å². The lowest BCUT2D eigenvalue weighted by Crippen LogP contribution is -2.62. The number of piperazine rings is 1. The van der Waals surface area contributed by atoms with Crippen LogP contribution in [0.25, 0.3) is 0 Å². The number of thioether (sulfide) groups is 1. The van der Waals surface area contributed by atoms with Gasteiger partial charge in [-0.05, 0) is 48.3 Å². The number of nitro benzene ring substituents is 1. The van der Waals surface area contributed by atoms with Crippen molar-refractivity contribution >= 4 is 29.0 Å². The van der Waals surface area contributed by atoms with Crippen LogP contribution >= 0.6 is 11.8 Å². The predicted octanol–water partition coefficient (Wildman–Crippen LogP) is 5.56. The Morgan fingerprint density at radius 3 is 2.59 bits per heavy atom. The fourth-order valence-electron chi connectivity index (χ4n) is 5.49. The van der Waals surface area contributed by atoms with Crippen molar-refractivity contribution in [3.05, 3.63) is 124 Å². The van der Waals surface area contributed by atoms with Gasteiger partial charge in [0.2, 0.25) is 5.91 Å². The molecule has 1 saturated heterocycles. The van der Waals surface area contributed by atoms with Crippen LogP contribution in [0.1, 0.15) is 23.2 Å². The van der Waals surface area contributed by atoms with Gasteiger partial charge in [0.05, 0.1) is 23.0 Å². The van der Waals surface area contributed by atoms with Gasteiger partial charge in [0.25, 0.3) is 5.69 Å². The van der Waals surface area contributed by atoms with E-state index in [9.17, 15) is 19.3 Å². The summed E-state index contributed by atoms with van der Waals surface area (Å²) in [4.78, 5) is 34.1. The van der Waals surface area contributed by atoms with Crippen LogP contribution in [0.5, 0.6) is 0 Å². The minimum absolute atomic E-state index is 0.00523. The summed E-state index contributed by atoms with van der Waals surface area (Å²) in [6.07, 6.45) is 6.60. The second kappa shape index (κ2) is 13.1. The average Bonchev–Trinajstić information content (AvgIpc) is 3.41. The smallest absolute Gasteiger partial charge is 0.272 e. The topological polar surface area (TPSA) is 84.5 Å². The number of benzene rings is 3. The van der Waals surface area contributed by atoms with E-state index in [1.54, 1.807) is 48.6 Å². The summed E-state index contributed by atoms with van der Waals surface area (Å²) in [6.45, 7) is 1.37. The van der Waals surface area contributed by atoms with Gasteiger partial charge in [0.1, 0.15) is 5.82 Å². The Labute approximate surface area is 243 Å². The number of carbonyl (C=O) groups excluding carboxylic acids is 1. The van der Waals surface area contributed by atoms with Crippen LogP contribution < -0.4 is 4.90 Å². The Kier molecular flexibility index (Phi) is 9.11. The number of imidazole rings is 1. The van der Waals surface area contributed by atoms with Crippen molar-refractivity contribution < 1.29 is 14.1 Å². The molecule has 0 spiro atoms. The van der Waals surface area contributed by atoms with Crippen molar-refractivity contribution in [2.24, 2.45) is 0 Å². The molecule has 1 amide bonds. The fourth-order valence-corrected chi connectivity index (χ4v) is 6.00. The number of carbonyl (C=O) groups is 1. The largest absolute Gasteiger partial charge is 0.329 e. The third kappa shape index (κ3) is 6.66. The molecule has 10 heteroatoms. The molecule has 1 fully saturated rings. The number of halogens is 1. The lowest BCUT2D eigenvalue weighted by molar-refractivity contribution is -0.385. The Bertz CT molecular complexity index is 1500. The van der Waals surface area contributed by atoms with E-state index < -0.39 is 6.04 Å². The van der Waals surface area contributed by atoms with Gasteiger partial charge in [-0.15, -0.1) is 0 Å². The molecule has 0 bridgehead atoms. The number of nitro groups is 1. The highest BCUT2D eigenvalue weighted by molar-refractivity contribution is 7.98. The van der Waals surface area contributed by atoms with Crippen LogP contribution in [0.2, 0.25) is 0 Å². The number of anilines is 1. The van der Waals surface area contributed by atoms with Crippen molar-refractivity contribution in [1.29, 1.82) is 0 Å². The summed E-state index contributed by atoms with van der Waals surface area (Å²) in [5.74, 6) is 0.512. The molecule has 4 aromatic rings. The Balaban J connectivity index is 1.52. The van der Waals surface area contributed by atoms with Crippen molar-refractivity contribution in [1.82, 2.24) is 14.5 Å². The van der Waals surface area contributed by atoms with Crippen molar-refractivity contribution in [2.75, 3.05) is 23.5 Å². The molecular weight excluding hydrogens is 541 g/mol. The Morgan fingerprint density at radius 2 is 1.83 bits per heavy atom. The zero-order chi connectivity index (χ0) is 28.8. The molecule has 2 atom stereocenters. The van der Waals surface area contributed by atoms with Gasteiger partial charge in [-0.3, -0.25) is 19.8 Å². The van der Waals surface area contributed by atoms with E-state index in [1.807, 2.05) is 45.9 Å². The molecule has 3 aromatic carbocycles. The number of nitrogens with zero attached hydrogens (tertiary/aromatic N) is 5. The molecule has 1 aromatic heterocycles. The van der Waals surface area contributed by atoms with E-state index in [2.05, 4.69) is 16.1 Å². The molecule has 0 N–H and O–H groups in total. The number of rotatable bonds is 11. The SMILES string of the molecule is CSCCC1CN(c2ccccc2)C(=O)C(Cc2ccccc2[N+](=O)[O-])N1Cc1cncn1Cc1cccc(F)c1. The summed E-state index contributed by atoms with van der Waals surface area (Å²) in [5.41, 5.74) is 3.04. The third-order valence-electron chi connectivity index (χ3n) is 7.52. The quantitative estimate of drug-likeness (QED) is 0.173. The normalized spacial score (nSPS) is 17.6. The maximum atomic E-state index is 14.2. The molecule has 8 nitrogen and oxygen atoms in total. The van der Waals surface area contributed by atoms with Gasteiger partial charge in [-0.25, -0.2) is 9.37 Å². The highest BCUT2D eigenvalue weighted by Gasteiger charge is 2.42. The molecule has 212 valence electrons. The summed E-state index contributed by atoms with van der Waals surface area (Å²) in [7, 11) is 0. The summed E-state index contributed by atoms with van der Waals surface area (Å²) in [6, 6.07) is 22.1. The van der Waals surface area contributed by atoms with Crippen LogP contribution in [-0.2, 0) is 24.3 Å². The van der Waals surface area contributed by atoms with E-state index in [-0.39, 0.29) is 34.8 Å². The van der Waals surface area contributed by atoms with E-state index in [4.69, 9.17) is 0 Å². The Hall–Kier alpha value is -4.02. The summed E-state index contributed by atoms with van der Waals surface area (Å²) < 4.78 is 15.8. The molecular formula is C31H32FN5O3S. The summed E-state index contributed by atoms with van der Waals surface area (Å²) in [5, 5.41) is 11.9. The standard InChI is InChI=1S/C31H32FN5O3S/c1-41-15-14-27-20-36(26-11-3-2-4-12-26)31(38)30(17-24-9-5-6-13-29(24)37(39)40)35(27)21-28-18-33-22-34(28)19-23-8-7-10-25(32)16-23/h2-13,16,18,22,27,30H,14-15,17,19-21H2,1H3. The van der Waals surface area contributed by atoms with Crippen LogP contribution in [0, 0.1) is 15.9 Å². The second-order valence-corrected chi connectivity index (χ2v) is 11.1. The predicted molar refractivity (Wildman–Crippen MR) is 159 cm³/mol. The number of hydrogen-bond acceptors (Lipinski definition) is 6.